The van der Waals surface area contributed by atoms with Crippen molar-refractivity contribution in [3.8, 4) is 0 Å². The molecule has 0 aliphatic carbocycles. The molecule has 0 aromatic heterocycles. The minimum Gasteiger partial charge on any atom is -0.715 e. The van der Waals surface area contributed by atoms with Gasteiger partial charge in [0.25, 0.3) is 0 Å². The Bertz CT molecular complexity index is 8.00. The molecule has 0 bridgehead atoms. The van der Waals surface area contributed by atoms with E-state index in [0.717, 1.165) is 0 Å². The summed E-state index contributed by atoms with van der Waals surface area (Å²) in [6.45, 7) is 0. The number of hydrogen-bond donors (Lipinski definition) is 1. The van der Waals surface area contributed by atoms with E-state index in [9.17, 15) is 0 Å². The van der Waals surface area contributed by atoms with Crippen molar-refractivity contribution in [2.75, 3.05) is 0 Å². The van der Waals surface area contributed by atoms with Crippen LogP contribution in [0.3, 0.4) is 0 Å². The predicted octanol–water partition coefficient (Wildman–Crippen LogP) is -3.93. The summed E-state index contributed by atoms with van der Waals surface area (Å²) in [7, 11) is 3.50. The molecule has 0 saturated carbocycles. The van der Waals surface area contributed by atoms with E-state index in [4.69, 9.17) is 5.02 Å². The van der Waals surface area contributed by atoms with Gasteiger partial charge in [-0.1, -0.05) is 0 Å². The summed E-state index contributed by atoms with van der Waals surface area (Å²) in [6, 6.07) is 0. The van der Waals surface area contributed by atoms with Gasteiger partial charge in [0.2, 0.25) is 0 Å². The minimum atomic E-state index is 0. The Kier molecular flexibility index (Phi) is 72.1. The maximum atomic E-state index is 6.50. The minimum absolute atomic E-state index is 0. The van der Waals surface area contributed by atoms with Crippen LogP contribution in [0.5, 0.6) is 0 Å². The third kappa shape index (κ3) is 8.82. The first-order chi connectivity index (χ1) is 1.00. The molecule has 4 heavy (non-hydrogen) atoms. The van der Waals surface area contributed by atoms with Gasteiger partial charge in [-0.3, -0.25) is 0 Å². The molecule has 0 rings (SSSR count). The van der Waals surface area contributed by atoms with Crippen molar-refractivity contribution in [1.82, 2.24) is 0 Å². The van der Waals surface area contributed by atoms with Gasteiger partial charge in [-0.25, -0.2) is 0 Å². The average molecular weight is 278 g/mol. The van der Waals surface area contributed by atoms with Crippen LogP contribution in [-0.4, -0.2) is 13.1 Å². The summed E-state index contributed by atoms with van der Waals surface area (Å²) in [6.07, 6.45) is 0. The quantitative estimate of drug-likeness (QED) is 0.449. The van der Waals surface area contributed by atoms with Crippen LogP contribution in [0.25, 0.3) is 0 Å². The summed E-state index contributed by atoms with van der Waals surface area (Å²) in [5.41, 5.74) is 0. The molecule has 0 fully saturated rings. The van der Waals surface area contributed by atoms with E-state index in [1.54, 1.807) is 0 Å². The summed E-state index contributed by atoms with van der Waals surface area (Å²) in [5.74, 6) is 0. The van der Waals surface area contributed by atoms with Crippen LogP contribution in [0, 0.1) is 44.1 Å². The Morgan fingerprint density at radius 3 is 1.25 bits per heavy atom. The standard InChI is InChI=1S/Ac.BHO.Na/c;1-2;/h;2H;/q;-1;+1. The monoisotopic (exact) mass is 278 g/mol. The van der Waals surface area contributed by atoms with Crippen molar-refractivity contribution in [3.63, 3.8) is 0 Å². The SMILES string of the molecule is [Ac].[B-]O.[Na+]. The Morgan fingerprint density at radius 1 is 1.25 bits per heavy atom. The van der Waals surface area contributed by atoms with Crippen LogP contribution in [0.4, 0.5) is 0 Å². The van der Waals surface area contributed by atoms with Crippen molar-refractivity contribution in [1.29, 1.82) is 0 Å². The Morgan fingerprint density at radius 2 is 1.25 bits per heavy atom. The Labute approximate surface area is 84.8 Å². The molecule has 0 unspecified atom stereocenters. The molecular weight excluding hydrogens is 277 g/mol. The van der Waals surface area contributed by atoms with Gasteiger partial charge in [0, 0.05) is 44.1 Å². The number of hydrogen-bond acceptors (Lipinski definition) is 1. The smallest absolute Gasteiger partial charge is 0.715 e. The first-order valence-electron chi connectivity index (χ1n) is 0.258. The van der Waals surface area contributed by atoms with E-state index in [0.29, 0.717) is 0 Å². The Balaban J connectivity index is -0.00000000500. The van der Waals surface area contributed by atoms with Crippen LogP contribution in [0.15, 0.2) is 0 Å². The third-order valence-corrected chi connectivity index (χ3v) is 0. The molecule has 0 atom stereocenters. The van der Waals surface area contributed by atoms with E-state index in [1.165, 1.54) is 0 Å². The van der Waals surface area contributed by atoms with E-state index < -0.39 is 0 Å². The molecule has 0 aliphatic heterocycles. The second-order valence-electron chi connectivity index (χ2n) is 0. The van der Waals surface area contributed by atoms with Crippen LogP contribution >= 0.6 is 0 Å². The molecule has 0 saturated heterocycles. The van der Waals surface area contributed by atoms with Gasteiger partial charge in [-0.05, 0) is 0 Å². The van der Waals surface area contributed by atoms with Crippen LogP contribution in [-0.2, 0) is 0 Å². The Hall–Kier alpha value is 2.47. The van der Waals surface area contributed by atoms with Crippen molar-refractivity contribution in [2.24, 2.45) is 0 Å². The zero-order chi connectivity index (χ0) is 2.00. The molecule has 0 amide bonds. The maximum Gasteiger partial charge on any atom is 1.00 e. The second-order valence-corrected chi connectivity index (χ2v) is 0. The maximum absolute atomic E-state index is 6.50. The average Bonchev–Trinajstić information content (AvgIpc) is 1.00. The fourth-order valence-corrected chi connectivity index (χ4v) is 0. The van der Waals surface area contributed by atoms with Gasteiger partial charge in [0.1, 0.15) is 0 Å². The van der Waals surface area contributed by atoms with E-state index in [-0.39, 0.29) is 73.6 Å². The first kappa shape index (κ1) is 16.1. The molecule has 0 heterocycles. The molecule has 0 aromatic carbocycles. The molecule has 1 N–H and O–H groups in total. The van der Waals surface area contributed by atoms with Crippen LogP contribution in [0.2, 0.25) is 0 Å². The molecule has 0 spiro atoms. The molecule has 4 heteroatoms. The van der Waals surface area contributed by atoms with Crippen LogP contribution < -0.4 is 29.6 Å². The summed E-state index contributed by atoms with van der Waals surface area (Å²) in [5, 5.41) is 6.50. The molecule has 0 aromatic rings. The molecule has 14 valence electrons. The molecule has 0 aliphatic rings. The zero-order valence-electron chi connectivity index (χ0n) is 2.60. The largest absolute Gasteiger partial charge is 1.00 e. The van der Waals surface area contributed by atoms with Gasteiger partial charge in [-0.15, -0.1) is 0 Å². The fourth-order valence-electron chi connectivity index (χ4n) is 0. The summed E-state index contributed by atoms with van der Waals surface area (Å²) < 4.78 is 0. The van der Waals surface area contributed by atoms with Crippen molar-refractivity contribution < 1.29 is 78.6 Å². The van der Waals surface area contributed by atoms with Crippen molar-refractivity contribution in [2.45, 2.75) is 0 Å². The van der Waals surface area contributed by atoms with Crippen LogP contribution in [0.1, 0.15) is 0 Å². The molecule has 1 nitrogen and oxygen atoms in total. The van der Waals surface area contributed by atoms with Gasteiger partial charge in [-0.2, -0.15) is 0 Å². The fraction of sp³-hybridized carbons (Fsp3) is 0. The third-order valence-electron chi connectivity index (χ3n) is 0. The summed E-state index contributed by atoms with van der Waals surface area (Å²) >= 11 is 0. The molecule has 4 radical (unpaired) electrons. The van der Waals surface area contributed by atoms with Gasteiger partial charge in [0.05, 0.1) is 0 Å². The normalized spacial score (nSPS) is 1.50. The van der Waals surface area contributed by atoms with Crippen molar-refractivity contribution >= 4 is 8.05 Å². The van der Waals surface area contributed by atoms with E-state index in [1.807, 2.05) is 0 Å². The van der Waals surface area contributed by atoms with E-state index in [2.05, 4.69) is 8.05 Å². The van der Waals surface area contributed by atoms with Crippen molar-refractivity contribution in [3.05, 3.63) is 0 Å². The zero-order valence-corrected chi connectivity index (χ0v) is 9.35. The van der Waals surface area contributed by atoms with Gasteiger partial charge < -0.3 is 13.1 Å². The second kappa shape index (κ2) is 17.9. The first-order valence-corrected chi connectivity index (χ1v) is 0.258. The summed E-state index contributed by atoms with van der Waals surface area (Å²) in [4.78, 5) is 0. The topological polar surface area (TPSA) is 20.2 Å². The predicted molar refractivity (Wildman–Crippen MR) is 7.97 cm³/mol. The number of rotatable bonds is 0. The van der Waals surface area contributed by atoms with E-state index >= 15 is 0 Å². The van der Waals surface area contributed by atoms with Gasteiger partial charge in [0.15, 0.2) is 0 Å². The van der Waals surface area contributed by atoms with Gasteiger partial charge >= 0.3 is 29.6 Å². The molecular formula is HAcBNaO.